The van der Waals surface area contributed by atoms with Crippen molar-refractivity contribution in [1.29, 1.82) is 0 Å². The number of carboxylic acid groups (broad SMARTS) is 1. The summed E-state index contributed by atoms with van der Waals surface area (Å²) in [4.78, 5) is 21.4. The molecular weight excluding hydrogens is 212 g/mol. The molecule has 0 fully saturated rings. The molecule has 1 aromatic rings. The number of phenols is 1. The zero-order valence-corrected chi connectivity index (χ0v) is 8.71. The van der Waals surface area contributed by atoms with Crippen LogP contribution >= 0.6 is 0 Å². The summed E-state index contributed by atoms with van der Waals surface area (Å²) in [5, 5.41) is 18.0. The van der Waals surface area contributed by atoms with Crippen molar-refractivity contribution in [3.05, 3.63) is 23.8 Å². The van der Waals surface area contributed by atoms with E-state index in [4.69, 9.17) is 9.84 Å². The number of phenolic OH excluding ortho intramolecular Hbond substituents is 1. The van der Waals surface area contributed by atoms with Gasteiger partial charge in [-0.15, -0.1) is 0 Å². The molecule has 0 radical (unpaired) electrons. The molecule has 5 nitrogen and oxygen atoms in total. The van der Waals surface area contributed by atoms with Crippen LogP contribution in [-0.2, 0) is 4.79 Å². The molecule has 5 heteroatoms. The van der Waals surface area contributed by atoms with Gasteiger partial charge < -0.3 is 14.9 Å². The fraction of sp³-hybridized carbons (Fsp3) is 0.273. The van der Waals surface area contributed by atoms with Crippen LogP contribution in [-0.4, -0.2) is 28.6 Å². The number of hydrogen-bond donors (Lipinski definition) is 2. The average molecular weight is 224 g/mol. The Morgan fingerprint density at radius 1 is 1.56 bits per heavy atom. The Balaban J connectivity index is 2.98. The smallest absolute Gasteiger partial charge is 0.344 e. The summed E-state index contributed by atoms with van der Waals surface area (Å²) in [7, 11) is 0. The minimum atomic E-state index is -1.11. The van der Waals surface area contributed by atoms with Crippen LogP contribution in [0.15, 0.2) is 18.2 Å². The SMILES string of the molecule is CCC(Oc1cc(O)ccc1C=O)C(=O)O. The fourth-order valence-electron chi connectivity index (χ4n) is 1.18. The lowest BCUT2D eigenvalue weighted by atomic mass is 10.2. The number of benzene rings is 1. The van der Waals surface area contributed by atoms with E-state index < -0.39 is 12.1 Å². The molecule has 0 aliphatic carbocycles. The van der Waals surface area contributed by atoms with Crippen molar-refractivity contribution >= 4 is 12.3 Å². The summed E-state index contributed by atoms with van der Waals surface area (Å²) in [5.41, 5.74) is 0.206. The summed E-state index contributed by atoms with van der Waals surface area (Å²) in [6, 6.07) is 3.92. The maximum atomic E-state index is 10.7. The van der Waals surface area contributed by atoms with Gasteiger partial charge in [-0.3, -0.25) is 4.79 Å². The number of aldehydes is 1. The maximum Gasteiger partial charge on any atom is 0.344 e. The Kier molecular flexibility index (Phi) is 3.88. The summed E-state index contributed by atoms with van der Waals surface area (Å²) < 4.78 is 5.14. The molecule has 1 atom stereocenters. The standard InChI is InChI=1S/C11H12O5/c1-2-9(11(14)15)16-10-5-8(13)4-3-7(10)6-12/h3-6,9,13H,2H2,1H3,(H,14,15). The van der Waals surface area contributed by atoms with Crippen LogP contribution in [0.2, 0.25) is 0 Å². The molecule has 0 saturated carbocycles. The molecule has 16 heavy (non-hydrogen) atoms. The van der Waals surface area contributed by atoms with Crippen LogP contribution in [0.5, 0.6) is 11.5 Å². The van der Waals surface area contributed by atoms with Crippen molar-refractivity contribution in [3.63, 3.8) is 0 Å². The average Bonchev–Trinajstić information content (AvgIpc) is 2.25. The second-order valence-electron chi connectivity index (χ2n) is 3.19. The summed E-state index contributed by atoms with van der Waals surface area (Å²) in [6.07, 6.45) is -0.215. The summed E-state index contributed by atoms with van der Waals surface area (Å²) in [5.74, 6) is -1.12. The number of carbonyl (C=O) groups is 2. The van der Waals surface area contributed by atoms with Gasteiger partial charge in [0.05, 0.1) is 5.56 Å². The van der Waals surface area contributed by atoms with E-state index in [-0.39, 0.29) is 23.5 Å². The van der Waals surface area contributed by atoms with Gasteiger partial charge in [0.1, 0.15) is 11.5 Å². The van der Waals surface area contributed by atoms with E-state index in [0.29, 0.717) is 6.29 Å². The Morgan fingerprint density at radius 2 is 2.25 bits per heavy atom. The quantitative estimate of drug-likeness (QED) is 0.739. The van der Waals surface area contributed by atoms with E-state index in [0.717, 1.165) is 0 Å². The first kappa shape index (κ1) is 12.0. The number of hydrogen-bond acceptors (Lipinski definition) is 4. The lowest BCUT2D eigenvalue weighted by Gasteiger charge is -2.14. The third kappa shape index (κ3) is 2.73. The first-order valence-electron chi connectivity index (χ1n) is 4.76. The molecule has 0 spiro atoms. The highest BCUT2D eigenvalue weighted by atomic mass is 16.5. The van der Waals surface area contributed by atoms with Gasteiger partial charge in [-0.1, -0.05) is 6.92 Å². The van der Waals surface area contributed by atoms with E-state index in [1.807, 2.05) is 0 Å². The van der Waals surface area contributed by atoms with Gasteiger partial charge in [0, 0.05) is 6.07 Å². The molecule has 0 bridgehead atoms. The monoisotopic (exact) mass is 224 g/mol. The number of ether oxygens (including phenoxy) is 1. The highest BCUT2D eigenvalue weighted by Gasteiger charge is 2.18. The minimum Gasteiger partial charge on any atom is -0.508 e. The topological polar surface area (TPSA) is 83.8 Å². The largest absolute Gasteiger partial charge is 0.508 e. The molecule has 0 amide bonds. The van der Waals surface area contributed by atoms with Crippen LogP contribution in [0.1, 0.15) is 23.7 Å². The molecule has 1 rings (SSSR count). The van der Waals surface area contributed by atoms with Gasteiger partial charge in [0.2, 0.25) is 0 Å². The number of rotatable bonds is 5. The van der Waals surface area contributed by atoms with E-state index in [1.165, 1.54) is 18.2 Å². The first-order chi connectivity index (χ1) is 7.58. The number of carboxylic acids is 1. The van der Waals surface area contributed by atoms with Gasteiger partial charge in [-0.05, 0) is 18.6 Å². The van der Waals surface area contributed by atoms with Crippen molar-refractivity contribution < 1.29 is 24.5 Å². The molecule has 1 unspecified atom stereocenters. The predicted octanol–water partition coefficient (Wildman–Crippen LogP) is 1.45. The van der Waals surface area contributed by atoms with Crippen molar-refractivity contribution in [2.24, 2.45) is 0 Å². The third-order valence-corrected chi connectivity index (χ3v) is 2.04. The fourth-order valence-corrected chi connectivity index (χ4v) is 1.18. The lowest BCUT2D eigenvalue weighted by Crippen LogP contribution is -2.26. The van der Waals surface area contributed by atoms with Gasteiger partial charge in [-0.25, -0.2) is 4.79 Å². The van der Waals surface area contributed by atoms with E-state index in [9.17, 15) is 14.7 Å². The van der Waals surface area contributed by atoms with E-state index in [1.54, 1.807) is 6.92 Å². The molecule has 86 valence electrons. The molecule has 0 heterocycles. The lowest BCUT2D eigenvalue weighted by molar-refractivity contribution is -0.145. The first-order valence-corrected chi connectivity index (χ1v) is 4.76. The van der Waals surface area contributed by atoms with Crippen LogP contribution < -0.4 is 4.74 Å². The summed E-state index contributed by atoms with van der Waals surface area (Å²) in [6.45, 7) is 1.65. The van der Waals surface area contributed by atoms with Crippen LogP contribution in [0.3, 0.4) is 0 Å². The van der Waals surface area contributed by atoms with Crippen molar-refractivity contribution in [1.82, 2.24) is 0 Å². The van der Waals surface area contributed by atoms with E-state index >= 15 is 0 Å². The van der Waals surface area contributed by atoms with Gasteiger partial charge in [0.15, 0.2) is 12.4 Å². The molecule has 1 aromatic carbocycles. The van der Waals surface area contributed by atoms with E-state index in [2.05, 4.69) is 0 Å². The Hall–Kier alpha value is -2.04. The molecule has 0 saturated heterocycles. The van der Waals surface area contributed by atoms with Crippen LogP contribution in [0, 0.1) is 0 Å². The second kappa shape index (κ2) is 5.16. The molecular formula is C11H12O5. The zero-order chi connectivity index (χ0) is 12.1. The Morgan fingerprint density at radius 3 is 2.75 bits per heavy atom. The molecule has 0 aliphatic rings. The van der Waals surface area contributed by atoms with Crippen LogP contribution in [0.25, 0.3) is 0 Å². The predicted molar refractivity (Wildman–Crippen MR) is 55.8 cm³/mol. The zero-order valence-electron chi connectivity index (χ0n) is 8.71. The third-order valence-electron chi connectivity index (χ3n) is 2.04. The highest BCUT2D eigenvalue weighted by molar-refractivity contribution is 5.80. The van der Waals surface area contributed by atoms with Crippen LogP contribution in [0.4, 0.5) is 0 Å². The van der Waals surface area contributed by atoms with Crippen molar-refractivity contribution in [3.8, 4) is 11.5 Å². The van der Waals surface area contributed by atoms with Crippen molar-refractivity contribution in [2.45, 2.75) is 19.4 Å². The van der Waals surface area contributed by atoms with Gasteiger partial charge in [0.25, 0.3) is 0 Å². The maximum absolute atomic E-state index is 10.7. The van der Waals surface area contributed by atoms with Gasteiger partial charge >= 0.3 is 5.97 Å². The minimum absolute atomic E-state index is 0.0734. The summed E-state index contributed by atoms with van der Waals surface area (Å²) >= 11 is 0. The number of carbonyl (C=O) groups excluding carboxylic acids is 1. The number of aromatic hydroxyl groups is 1. The molecule has 0 aromatic heterocycles. The highest BCUT2D eigenvalue weighted by Crippen LogP contribution is 2.24. The molecule has 2 N–H and O–H groups in total. The van der Waals surface area contributed by atoms with Gasteiger partial charge in [-0.2, -0.15) is 0 Å². The molecule has 0 aliphatic heterocycles. The van der Waals surface area contributed by atoms with Crippen molar-refractivity contribution in [2.75, 3.05) is 0 Å². The number of aliphatic carboxylic acids is 1. The Labute approximate surface area is 92.3 Å². The second-order valence-corrected chi connectivity index (χ2v) is 3.19. The normalized spacial score (nSPS) is 11.8. The Bertz CT molecular complexity index is 399.